The van der Waals surface area contributed by atoms with Crippen LogP contribution in [0.1, 0.15) is 23.2 Å². The fourth-order valence-corrected chi connectivity index (χ4v) is 1.92. The van der Waals surface area contributed by atoms with Crippen molar-refractivity contribution < 1.29 is 17.9 Å². The Balaban J connectivity index is 2.21. The number of hydrogen-bond donors (Lipinski definition) is 1. The van der Waals surface area contributed by atoms with Gasteiger partial charge in [0.15, 0.2) is 6.61 Å². The van der Waals surface area contributed by atoms with Crippen molar-refractivity contribution in [2.24, 2.45) is 5.73 Å². The first-order chi connectivity index (χ1) is 7.99. The second kappa shape index (κ2) is 4.52. The molecule has 0 saturated carbocycles. The van der Waals surface area contributed by atoms with Gasteiger partial charge in [-0.15, -0.1) is 0 Å². The molecule has 0 spiro atoms. The summed E-state index contributed by atoms with van der Waals surface area (Å²) in [6.07, 6.45) is -1.67. The summed E-state index contributed by atoms with van der Waals surface area (Å²) < 4.78 is 40.9. The Hall–Kier alpha value is -1.30. The fraction of sp³-hybridized carbons (Fsp3) is 0.545. The van der Waals surface area contributed by atoms with Gasteiger partial charge in [0.25, 0.3) is 0 Å². The minimum absolute atomic E-state index is 0.0190. The van der Waals surface area contributed by atoms with Crippen LogP contribution in [-0.2, 0) is 19.4 Å². The van der Waals surface area contributed by atoms with Crippen LogP contribution in [0.3, 0.4) is 0 Å². The van der Waals surface area contributed by atoms with Crippen LogP contribution in [0.5, 0.6) is 5.88 Å². The topological polar surface area (TPSA) is 48.1 Å². The van der Waals surface area contributed by atoms with Gasteiger partial charge in [0.05, 0.1) is 0 Å². The molecule has 1 aliphatic carbocycles. The van der Waals surface area contributed by atoms with Gasteiger partial charge >= 0.3 is 6.18 Å². The van der Waals surface area contributed by atoms with E-state index in [-0.39, 0.29) is 12.4 Å². The van der Waals surface area contributed by atoms with Gasteiger partial charge in [0.1, 0.15) is 0 Å². The number of aromatic nitrogens is 1. The van der Waals surface area contributed by atoms with E-state index in [0.717, 1.165) is 30.5 Å². The number of fused-ring (bicyclic) bond motifs is 1. The minimum atomic E-state index is -4.35. The normalized spacial score (nSPS) is 14.8. The molecule has 0 unspecified atom stereocenters. The van der Waals surface area contributed by atoms with Gasteiger partial charge in [-0.25, -0.2) is 4.98 Å². The molecule has 1 heterocycles. The summed E-state index contributed by atoms with van der Waals surface area (Å²) in [5.74, 6) is 0.0190. The number of alkyl halides is 3. The first kappa shape index (κ1) is 12.2. The van der Waals surface area contributed by atoms with Crippen molar-refractivity contribution >= 4 is 0 Å². The molecule has 0 aromatic carbocycles. The molecule has 17 heavy (non-hydrogen) atoms. The Kier molecular flexibility index (Phi) is 3.24. The average molecular weight is 246 g/mol. The lowest BCUT2D eigenvalue weighted by atomic mass is 10.1. The molecule has 1 aromatic heterocycles. The lowest BCUT2D eigenvalue weighted by Crippen LogP contribution is -2.21. The molecule has 2 rings (SSSR count). The van der Waals surface area contributed by atoms with Gasteiger partial charge in [-0.1, -0.05) is 0 Å². The lowest BCUT2D eigenvalue weighted by molar-refractivity contribution is -0.154. The van der Waals surface area contributed by atoms with Crippen LogP contribution in [0.2, 0.25) is 0 Å². The van der Waals surface area contributed by atoms with Crippen LogP contribution in [-0.4, -0.2) is 17.8 Å². The average Bonchev–Trinajstić information content (AvgIpc) is 2.70. The van der Waals surface area contributed by atoms with Crippen molar-refractivity contribution in [1.82, 2.24) is 4.98 Å². The number of rotatable bonds is 3. The molecular weight excluding hydrogens is 233 g/mol. The van der Waals surface area contributed by atoms with Crippen molar-refractivity contribution in [1.29, 1.82) is 0 Å². The van der Waals surface area contributed by atoms with E-state index in [9.17, 15) is 13.2 Å². The third-order valence-corrected chi connectivity index (χ3v) is 2.68. The first-order valence-corrected chi connectivity index (χ1v) is 5.41. The Labute approximate surface area is 96.8 Å². The van der Waals surface area contributed by atoms with E-state index in [4.69, 9.17) is 10.5 Å². The maximum Gasteiger partial charge on any atom is 0.422 e. The highest BCUT2D eigenvalue weighted by Crippen LogP contribution is 2.27. The molecule has 94 valence electrons. The zero-order chi connectivity index (χ0) is 12.5. The maximum atomic E-state index is 12.1. The van der Waals surface area contributed by atoms with E-state index in [1.54, 1.807) is 6.07 Å². The number of nitrogens with two attached hydrogens (primary N) is 1. The molecule has 3 nitrogen and oxygen atoms in total. The maximum absolute atomic E-state index is 12.1. The van der Waals surface area contributed by atoms with Crippen molar-refractivity contribution in [3.05, 3.63) is 22.9 Å². The van der Waals surface area contributed by atoms with Crippen LogP contribution in [0.15, 0.2) is 6.07 Å². The first-order valence-electron chi connectivity index (χ1n) is 5.41. The second-order valence-electron chi connectivity index (χ2n) is 4.02. The van der Waals surface area contributed by atoms with Crippen LogP contribution < -0.4 is 10.5 Å². The molecule has 0 bridgehead atoms. The van der Waals surface area contributed by atoms with Gasteiger partial charge in [-0.3, -0.25) is 0 Å². The summed E-state index contributed by atoms with van der Waals surface area (Å²) in [7, 11) is 0. The van der Waals surface area contributed by atoms with E-state index >= 15 is 0 Å². The summed E-state index contributed by atoms with van der Waals surface area (Å²) in [5.41, 5.74) is 7.93. The zero-order valence-corrected chi connectivity index (χ0v) is 9.18. The van der Waals surface area contributed by atoms with E-state index in [2.05, 4.69) is 4.98 Å². The molecule has 0 atom stereocenters. The van der Waals surface area contributed by atoms with E-state index in [1.165, 1.54) is 0 Å². The highest BCUT2D eigenvalue weighted by Gasteiger charge is 2.29. The number of halogens is 3. The van der Waals surface area contributed by atoms with Gasteiger partial charge in [0.2, 0.25) is 5.88 Å². The fourth-order valence-electron chi connectivity index (χ4n) is 1.92. The highest BCUT2D eigenvalue weighted by atomic mass is 19.4. The molecule has 0 fully saturated rings. The quantitative estimate of drug-likeness (QED) is 0.887. The molecule has 2 N–H and O–H groups in total. The van der Waals surface area contributed by atoms with Gasteiger partial charge in [-0.2, -0.15) is 13.2 Å². The molecular formula is C11H13F3N2O. The molecule has 1 aliphatic rings. The molecule has 0 amide bonds. The van der Waals surface area contributed by atoms with Gasteiger partial charge < -0.3 is 10.5 Å². The van der Waals surface area contributed by atoms with Crippen LogP contribution in [0.4, 0.5) is 13.2 Å². The predicted molar refractivity (Wildman–Crippen MR) is 55.7 cm³/mol. The standard InChI is InChI=1S/C11H13F3N2O/c12-11(13,14)6-17-10-8(5-15)4-7-2-1-3-9(7)16-10/h4H,1-3,5-6,15H2. The Morgan fingerprint density at radius 3 is 2.76 bits per heavy atom. The third-order valence-electron chi connectivity index (χ3n) is 2.68. The van der Waals surface area contributed by atoms with E-state index in [0.29, 0.717) is 5.56 Å². The van der Waals surface area contributed by atoms with Crippen LogP contribution >= 0.6 is 0 Å². The minimum Gasteiger partial charge on any atom is -0.468 e. The number of hydrogen-bond acceptors (Lipinski definition) is 3. The summed E-state index contributed by atoms with van der Waals surface area (Å²) in [5, 5.41) is 0. The zero-order valence-electron chi connectivity index (χ0n) is 9.18. The third kappa shape index (κ3) is 2.88. The van der Waals surface area contributed by atoms with E-state index in [1.807, 2.05) is 0 Å². The van der Waals surface area contributed by atoms with Crippen molar-refractivity contribution in [2.45, 2.75) is 32.0 Å². The summed E-state index contributed by atoms with van der Waals surface area (Å²) in [4.78, 5) is 4.12. The Morgan fingerprint density at radius 1 is 1.35 bits per heavy atom. The monoisotopic (exact) mass is 246 g/mol. The molecule has 0 aliphatic heterocycles. The predicted octanol–water partition coefficient (Wildman–Crippen LogP) is 1.97. The Morgan fingerprint density at radius 2 is 2.12 bits per heavy atom. The molecule has 0 radical (unpaired) electrons. The summed E-state index contributed by atoms with van der Waals surface area (Å²) >= 11 is 0. The molecule has 1 aromatic rings. The Bertz CT molecular complexity index is 418. The van der Waals surface area contributed by atoms with Crippen LogP contribution in [0, 0.1) is 0 Å². The number of pyridine rings is 1. The lowest BCUT2D eigenvalue weighted by Gasteiger charge is -2.13. The number of nitrogens with zero attached hydrogens (tertiary/aromatic N) is 1. The molecule has 6 heteroatoms. The number of aryl methyl sites for hydroxylation is 2. The van der Waals surface area contributed by atoms with Crippen molar-refractivity contribution in [2.75, 3.05) is 6.61 Å². The smallest absolute Gasteiger partial charge is 0.422 e. The van der Waals surface area contributed by atoms with Gasteiger partial charge in [-0.05, 0) is 30.9 Å². The second-order valence-corrected chi connectivity index (χ2v) is 4.02. The van der Waals surface area contributed by atoms with Crippen LogP contribution in [0.25, 0.3) is 0 Å². The SMILES string of the molecule is NCc1cc2c(nc1OCC(F)(F)F)CCC2. The largest absolute Gasteiger partial charge is 0.468 e. The highest BCUT2D eigenvalue weighted by molar-refractivity contribution is 5.36. The summed E-state index contributed by atoms with van der Waals surface area (Å²) in [6.45, 7) is -1.20. The van der Waals surface area contributed by atoms with E-state index < -0.39 is 12.8 Å². The van der Waals surface area contributed by atoms with Crippen molar-refractivity contribution in [3.63, 3.8) is 0 Å². The van der Waals surface area contributed by atoms with Crippen molar-refractivity contribution in [3.8, 4) is 5.88 Å². The molecule has 0 saturated heterocycles. The number of ether oxygens (including phenoxy) is 1. The summed E-state index contributed by atoms with van der Waals surface area (Å²) in [6, 6.07) is 1.81. The van der Waals surface area contributed by atoms with Gasteiger partial charge in [0, 0.05) is 17.8 Å².